The fourth-order valence-electron chi connectivity index (χ4n) is 2.99. The van der Waals surface area contributed by atoms with Crippen LogP contribution in [0.1, 0.15) is 21.5 Å². The topological polar surface area (TPSA) is 64.7 Å². The molecule has 2 aromatic heterocycles. The molecule has 1 N–H and O–H groups in total. The fourth-order valence-corrected chi connectivity index (χ4v) is 3.84. The summed E-state index contributed by atoms with van der Waals surface area (Å²) in [6.45, 7) is 0.979. The lowest BCUT2D eigenvalue weighted by Gasteiger charge is -2.06. The van der Waals surface area contributed by atoms with Gasteiger partial charge in [-0.15, -0.1) is 0 Å². The molecular formula is C21H15BrCl3N5O. The van der Waals surface area contributed by atoms with E-state index in [2.05, 4.69) is 31.4 Å². The Balaban J connectivity index is 1.46. The number of aromatic nitrogens is 4. The van der Waals surface area contributed by atoms with Crippen molar-refractivity contribution in [2.24, 2.45) is 0 Å². The molecule has 2 aromatic carbocycles. The fraction of sp³-hybridized carbons (Fsp3) is 0.0952. The van der Waals surface area contributed by atoms with Gasteiger partial charge in [0.1, 0.15) is 5.02 Å². The number of carbonyl (C=O) groups excluding carboxylic acids is 1. The van der Waals surface area contributed by atoms with Crippen LogP contribution in [0, 0.1) is 0 Å². The van der Waals surface area contributed by atoms with E-state index in [1.165, 1.54) is 0 Å². The van der Waals surface area contributed by atoms with Crippen molar-refractivity contribution in [1.82, 2.24) is 19.6 Å². The standard InChI is InChI=1S/C21H15BrCl3N5O/c22-16-8-26-29(11-16)9-13-2-1-3-15(6-13)21(31)27-20-19(25)12-30(28-20)10-14-4-5-17(23)18(24)7-14/h1-8,11-12H,9-10H2,(H,27,28,31). The summed E-state index contributed by atoms with van der Waals surface area (Å²) in [7, 11) is 0. The highest BCUT2D eigenvalue weighted by atomic mass is 79.9. The minimum absolute atomic E-state index is 0.285. The SMILES string of the molecule is O=C(Nc1nn(Cc2ccc(Cl)c(Cl)c2)cc1Cl)c1cccc(Cn2cc(Br)cn2)c1. The van der Waals surface area contributed by atoms with Crippen LogP contribution in [0.4, 0.5) is 5.82 Å². The van der Waals surface area contributed by atoms with Crippen molar-refractivity contribution in [3.05, 3.63) is 97.3 Å². The molecule has 0 radical (unpaired) electrons. The Hall–Kier alpha value is -2.32. The second-order valence-electron chi connectivity index (χ2n) is 6.78. The lowest BCUT2D eigenvalue weighted by Crippen LogP contribution is -2.14. The number of nitrogens with one attached hydrogen (secondary N) is 1. The van der Waals surface area contributed by atoms with E-state index in [0.29, 0.717) is 33.7 Å². The monoisotopic (exact) mass is 537 g/mol. The van der Waals surface area contributed by atoms with Crippen LogP contribution in [0.25, 0.3) is 0 Å². The van der Waals surface area contributed by atoms with Crippen LogP contribution in [0.3, 0.4) is 0 Å². The number of carbonyl (C=O) groups is 1. The van der Waals surface area contributed by atoms with Crippen LogP contribution in [0.2, 0.25) is 15.1 Å². The van der Waals surface area contributed by atoms with Gasteiger partial charge in [-0.1, -0.05) is 53.0 Å². The first kappa shape index (κ1) is 21.9. The highest BCUT2D eigenvalue weighted by molar-refractivity contribution is 9.10. The molecule has 0 unspecified atom stereocenters. The van der Waals surface area contributed by atoms with Crippen LogP contribution in [0.15, 0.2) is 65.5 Å². The van der Waals surface area contributed by atoms with E-state index in [1.807, 2.05) is 30.5 Å². The van der Waals surface area contributed by atoms with Crippen LogP contribution < -0.4 is 5.32 Å². The third-order valence-corrected chi connectivity index (χ3v) is 5.84. The first-order chi connectivity index (χ1) is 14.9. The molecule has 0 aliphatic rings. The Kier molecular flexibility index (Phi) is 6.67. The summed E-state index contributed by atoms with van der Waals surface area (Å²) in [4.78, 5) is 12.7. The van der Waals surface area contributed by atoms with Crippen LogP contribution in [0.5, 0.6) is 0 Å². The molecular weight excluding hydrogens is 525 g/mol. The Labute approximate surface area is 201 Å². The first-order valence-electron chi connectivity index (χ1n) is 9.12. The summed E-state index contributed by atoms with van der Waals surface area (Å²) in [5.41, 5.74) is 2.35. The molecule has 4 rings (SSSR count). The largest absolute Gasteiger partial charge is 0.304 e. The minimum Gasteiger partial charge on any atom is -0.304 e. The molecule has 10 heteroatoms. The maximum absolute atomic E-state index is 12.7. The molecule has 0 aliphatic heterocycles. The maximum atomic E-state index is 12.7. The van der Waals surface area contributed by atoms with Crippen molar-refractivity contribution >= 4 is 62.5 Å². The average Bonchev–Trinajstić information content (AvgIpc) is 3.29. The molecule has 0 fully saturated rings. The zero-order chi connectivity index (χ0) is 22.0. The van der Waals surface area contributed by atoms with Crippen LogP contribution >= 0.6 is 50.7 Å². The van der Waals surface area contributed by atoms with E-state index >= 15 is 0 Å². The molecule has 0 aliphatic carbocycles. The van der Waals surface area contributed by atoms with Gasteiger partial charge in [-0.05, 0) is 51.3 Å². The number of hydrogen-bond acceptors (Lipinski definition) is 3. The minimum atomic E-state index is -0.301. The van der Waals surface area contributed by atoms with Gasteiger partial charge >= 0.3 is 0 Å². The van der Waals surface area contributed by atoms with E-state index in [4.69, 9.17) is 34.8 Å². The second-order valence-corrected chi connectivity index (χ2v) is 8.92. The van der Waals surface area contributed by atoms with Gasteiger partial charge in [-0.25, -0.2) is 0 Å². The van der Waals surface area contributed by atoms with E-state index in [9.17, 15) is 4.79 Å². The average molecular weight is 540 g/mol. The zero-order valence-corrected chi connectivity index (χ0v) is 19.8. The molecule has 0 bridgehead atoms. The predicted molar refractivity (Wildman–Crippen MR) is 126 cm³/mol. The van der Waals surface area contributed by atoms with Crippen LogP contribution in [-0.2, 0) is 13.1 Å². The molecule has 6 nitrogen and oxygen atoms in total. The van der Waals surface area contributed by atoms with Gasteiger partial charge in [0, 0.05) is 18.0 Å². The van der Waals surface area contributed by atoms with Crippen LogP contribution in [-0.4, -0.2) is 25.5 Å². The highest BCUT2D eigenvalue weighted by Crippen LogP contribution is 2.25. The molecule has 1 amide bonds. The molecule has 0 saturated carbocycles. The summed E-state index contributed by atoms with van der Waals surface area (Å²) < 4.78 is 4.30. The maximum Gasteiger partial charge on any atom is 0.256 e. The quantitative estimate of drug-likeness (QED) is 0.320. The van der Waals surface area contributed by atoms with Crippen molar-refractivity contribution in [2.75, 3.05) is 5.32 Å². The number of hydrogen-bond donors (Lipinski definition) is 1. The Morgan fingerprint density at radius 2 is 1.71 bits per heavy atom. The second kappa shape index (κ2) is 9.44. The number of amides is 1. The number of rotatable bonds is 6. The Morgan fingerprint density at radius 1 is 0.935 bits per heavy atom. The molecule has 0 saturated heterocycles. The molecule has 0 spiro atoms. The van der Waals surface area contributed by atoms with Gasteiger partial charge in [0.2, 0.25) is 0 Å². The van der Waals surface area contributed by atoms with E-state index in [1.54, 1.807) is 40.0 Å². The van der Waals surface area contributed by atoms with Gasteiger partial charge < -0.3 is 5.32 Å². The van der Waals surface area contributed by atoms with E-state index in [0.717, 1.165) is 15.6 Å². The predicted octanol–water partition coefficient (Wildman–Crippen LogP) is 6.15. The van der Waals surface area contributed by atoms with E-state index < -0.39 is 0 Å². The number of benzene rings is 2. The van der Waals surface area contributed by atoms with Crippen molar-refractivity contribution < 1.29 is 4.79 Å². The zero-order valence-electron chi connectivity index (χ0n) is 15.9. The van der Waals surface area contributed by atoms with E-state index in [-0.39, 0.29) is 11.7 Å². The number of anilines is 1. The highest BCUT2D eigenvalue weighted by Gasteiger charge is 2.13. The first-order valence-corrected chi connectivity index (χ1v) is 11.1. The summed E-state index contributed by atoms with van der Waals surface area (Å²) in [5, 5.41) is 12.7. The lowest BCUT2D eigenvalue weighted by atomic mass is 10.1. The summed E-state index contributed by atoms with van der Waals surface area (Å²) in [6, 6.07) is 12.7. The van der Waals surface area contributed by atoms with Crippen molar-refractivity contribution in [3.8, 4) is 0 Å². The Morgan fingerprint density at radius 3 is 2.45 bits per heavy atom. The van der Waals surface area contributed by atoms with Gasteiger partial charge in [0.15, 0.2) is 5.82 Å². The Bertz CT molecular complexity index is 1250. The lowest BCUT2D eigenvalue weighted by molar-refractivity contribution is 0.102. The normalized spacial score (nSPS) is 11.0. The molecule has 0 atom stereocenters. The number of nitrogens with zero attached hydrogens (tertiary/aromatic N) is 4. The van der Waals surface area contributed by atoms with Gasteiger partial charge in [0.05, 0.1) is 33.8 Å². The summed E-state index contributed by atoms with van der Waals surface area (Å²) in [6.07, 6.45) is 5.23. The molecule has 4 aromatic rings. The van der Waals surface area contributed by atoms with Gasteiger partial charge in [0.25, 0.3) is 5.91 Å². The van der Waals surface area contributed by atoms with Crippen molar-refractivity contribution in [1.29, 1.82) is 0 Å². The smallest absolute Gasteiger partial charge is 0.256 e. The molecule has 2 heterocycles. The molecule has 158 valence electrons. The third-order valence-electron chi connectivity index (χ3n) is 4.41. The van der Waals surface area contributed by atoms with Crippen molar-refractivity contribution in [3.63, 3.8) is 0 Å². The molecule has 31 heavy (non-hydrogen) atoms. The van der Waals surface area contributed by atoms with Gasteiger partial charge in [-0.3, -0.25) is 14.2 Å². The number of halogens is 4. The summed E-state index contributed by atoms with van der Waals surface area (Å²) >= 11 is 21.7. The third kappa shape index (κ3) is 5.49. The van der Waals surface area contributed by atoms with Gasteiger partial charge in [-0.2, -0.15) is 10.2 Å². The summed E-state index contributed by atoms with van der Waals surface area (Å²) in [5.74, 6) is -0.0154. The van der Waals surface area contributed by atoms with Crippen molar-refractivity contribution in [2.45, 2.75) is 13.1 Å².